The number of carbonyl (C=O) groups is 1. The van der Waals surface area contributed by atoms with E-state index in [9.17, 15) is 4.79 Å². The van der Waals surface area contributed by atoms with Crippen LogP contribution >= 0.6 is 0 Å². The van der Waals surface area contributed by atoms with Gasteiger partial charge >= 0.3 is 5.97 Å². The van der Waals surface area contributed by atoms with Crippen molar-refractivity contribution in [1.82, 2.24) is 0 Å². The third-order valence-corrected chi connectivity index (χ3v) is 5.14. The largest absolute Gasteiger partial charge is 0.464 e. The van der Waals surface area contributed by atoms with Crippen molar-refractivity contribution in [2.45, 2.75) is 39.7 Å². The maximum absolute atomic E-state index is 12.2. The summed E-state index contributed by atoms with van der Waals surface area (Å²) in [6.07, 6.45) is 3.38. The first-order valence-electron chi connectivity index (χ1n) is 10.1. The highest BCUT2D eigenvalue weighted by Gasteiger charge is 2.25. The van der Waals surface area contributed by atoms with Crippen molar-refractivity contribution in [3.05, 3.63) is 70.3 Å². The number of nitrogens with zero attached hydrogens (tertiary/aromatic N) is 2. The van der Waals surface area contributed by atoms with Gasteiger partial charge in [-0.3, -0.25) is 0 Å². The molecule has 0 atom stereocenters. The second-order valence-electron chi connectivity index (χ2n) is 7.54. The summed E-state index contributed by atoms with van der Waals surface area (Å²) in [6.45, 7) is 4.24. The van der Waals surface area contributed by atoms with E-state index in [1.165, 1.54) is 32.6 Å². The van der Waals surface area contributed by atoms with Gasteiger partial charge in [-0.05, 0) is 50.2 Å². The van der Waals surface area contributed by atoms with Crippen LogP contribution in [0, 0.1) is 19.8 Å². The van der Waals surface area contributed by atoms with Crippen molar-refractivity contribution in [2.75, 3.05) is 14.2 Å². The van der Waals surface area contributed by atoms with E-state index >= 15 is 0 Å². The summed E-state index contributed by atoms with van der Waals surface area (Å²) in [7, 11) is 2.71. The van der Waals surface area contributed by atoms with Crippen molar-refractivity contribution < 1.29 is 19.2 Å². The predicted octanol–water partition coefficient (Wildman–Crippen LogP) is 4.55. The molecule has 6 heteroatoms. The number of methoxy groups -OCH3 is 1. The Labute approximate surface area is 177 Å². The van der Waals surface area contributed by atoms with Gasteiger partial charge in [0.1, 0.15) is 13.7 Å². The monoisotopic (exact) mass is 408 g/mol. The summed E-state index contributed by atoms with van der Waals surface area (Å²) >= 11 is 0. The van der Waals surface area contributed by atoms with Crippen LogP contribution in [0.5, 0.6) is 0 Å². The quantitative estimate of drug-likeness (QED) is 0.347. The van der Waals surface area contributed by atoms with Gasteiger partial charge in [0.05, 0.1) is 12.8 Å². The van der Waals surface area contributed by atoms with E-state index in [-0.39, 0.29) is 12.3 Å². The molecule has 0 aromatic heterocycles. The highest BCUT2D eigenvalue weighted by atomic mass is 16.6. The van der Waals surface area contributed by atoms with Gasteiger partial charge in [-0.1, -0.05) is 58.3 Å². The highest BCUT2D eigenvalue weighted by Crippen LogP contribution is 2.34. The second-order valence-corrected chi connectivity index (χ2v) is 7.54. The molecule has 158 valence electrons. The molecule has 2 aromatic carbocycles. The Kier molecular flexibility index (Phi) is 7.22. The third kappa shape index (κ3) is 5.47. The molecule has 1 aliphatic carbocycles. The summed E-state index contributed by atoms with van der Waals surface area (Å²) in [5.74, 6) is 0.114. The van der Waals surface area contributed by atoms with E-state index in [1.54, 1.807) is 6.07 Å². The Balaban J connectivity index is 1.86. The van der Waals surface area contributed by atoms with Crippen LogP contribution in [-0.4, -0.2) is 31.6 Å². The molecule has 0 amide bonds. The highest BCUT2D eigenvalue weighted by molar-refractivity contribution is 6.43. The number of rotatable bonds is 9. The Morgan fingerprint density at radius 3 is 2.50 bits per heavy atom. The van der Waals surface area contributed by atoms with Gasteiger partial charge in [-0.25, -0.2) is 4.79 Å². The lowest BCUT2D eigenvalue weighted by Crippen LogP contribution is -2.20. The molecule has 1 fully saturated rings. The molecular formula is C24H28N2O4. The Morgan fingerprint density at radius 2 is 1.83 bits per heavy atom. The van der Waals surface area contributed by atoms with Crippen molar-refractivity contribution in [1.29, 1.82) is 0 Å². The number of ether oxygens (including phenoxy) is 1. The number of carbonyl (C=O) groups excluding carboxylic acids is 1. The Bertz CT molecular complexity index is 961. The molecule has 0 heterocycles. The molecule has 0 N–H and O–H groups in total. The van der Waals surface area contributed by atoms with Crippen LogP contribution in [0.4, 0.5) is 0 Å². The first-order valence-corrected chi connectivity index (χ1v) is 10.1. The number of esters is 1. The average Bonchev–Trinajstić information content (AvgIpc) is 3.56. The van der Waals surface area contributed by atoms with Crippen molar-refractivity contribution in [3.8, 4) is 0 Å². The molecule has 0 radical (unpaired) electrons. The maximum Gasteiger partial charge on any atom is 0.360 e. The lowest BCUT2D eigenvalue weighted by molar-refractivity contribution is -0.132. The van der Waals surface area contributed by atoms with Gasteiger partial charge in [0.15, 0.2) is 5.71 Å². The summed E-state index contributed by atoms with van der Waals surface area (Å²) < 4.78 is 4.86. The summed E-state index contributed by atoms with van der Waals surface area (Å²) in [5.41, 5.74) is 5.72. The van der Waals surface area contributed by atoms with Crippen molar-refractivity contribution in [2.24, 2.45) is 16.2 Å². The molecule has 3 rings (SSSR count). The molecule has 0 unspecified atom stereocenters. The minimum Gasteiger partial charge on any atom is -0.464 e. The first kappa shape index (κ1) is 21.6. The third-order valence-electron chi connectivity index (χ3n) is 5.14. The molecule has 0 spiro atoms. The average molecular weight is 408 g/mol. The van der Waals surface area contributed by atoms with Gasteiger partial charge in [-0.15, -0.1) is 0 Å². The first-order chi connectivity index (χ1) is 14.5. The van der Waals surface area contributed by atoms with Crippen LogP contribution in [0.15, 0.2) is 52.8 Å². The van der Waals surface area contributed by atoms with Crippen LogP contribution in [0.1, 0.15) is 47.1 Å². The summed E-state index contributed by atoms with van der Waals surface area (Å²) in [5, 5.41) is 8.36. The van der Waals surface area contributed by atoms with Crippen LogP contribution in [0.2, 0.25) is 0 Å². The van der Waals surface area contributed by atoms with Gasteiger partial charge in [0.2, 0.25) is 0 Å². The fraction of sp³-hybridized carbons (Fsp3) is 0.375. The van der Waals surface area contributed by atoms with Gasteiger partial charge in [-0.2, -0.15) is 0 Å². The molecule has 6 nitrogen and oxygen atoms in total. The normalized spacial score (nSPS) is 14.4. The van der Waals surface area contributed by atoms with Gasteiger partial charge < -0.3 is 14.4 Å². The summed E-state index contributed by atoms with van der Waals surface area (Å²) in [4.78, 5) is 22.9. The molecule has 0 saturated heterocycles. The smallest absolute Gasteiger partial charge is 0.360 e. The van der Waals surface area contributed by atoms with E-state index < -0.39 is 5.97 Å². The zero-order valence-electron chi connectivity index (χ0n) is 18.0. The minimum atomic E-state index is -0.568. The SMILES string of the molecule is CO/N=C(/C(=O)OC)c1cccc(C)c1CO/N=C(\CC1CC1)c1cccc(C)c1. The van der Waals surface area contributed by atoms with E-state index in [0.29, 0.717) is 11.5 Å². The lowest BCUT2D eigenvalue weighted by Gasteiger charge is -2.13. The molecule has 2 aromatic rings. The molecule has 0 aliphatic heterocycles. The Morgan fingerprint density at radius 1 is 1.07 bits per heavy atom. The van der Waals surface area contributed by atoms with Crippen molar-refractivity contribution >= 4 is 17.4 Å². The van der Waals surface area contributed by atoms with Crippen LogP contribution in [0.25, 0.3) is 0 Å². The zero-order chi connectivity index (χ0) is 21.5. The van der Waals surface area contributed by atoms with E-state index in [1.807, 2.05) is 25.1 Å². The van der Waals surface area contributed by atoms with Crippen LogP contribution in [-0.2, 0) is 25.8 Å². The fourth-order valence-corrected chi connectivity index (χ4v) is 3.30. The summed E-state index contributed by atoms with van der Waals surface area (Å²) in [6, 6.07) is 13.9. The second kappa shape index (κ2) is 10.1. The number of aryl methyl sites for hydroxylation is 2. The Hall–Kier alpha value is -3.15. The predicted molar refractivity (Wildman–Crippen MR) is 117 cm³/mol. The minimum absolute atomic E-state index is 0.100. The number of hydrogen-bond acceptors (Lipinski definition) is 6. The zero-order valence-corrected chi connectivity index (χ0v) is 18.0. The molecule has 1 aliphatic rings. The standard InChI is InChI=1S/C24H28N2O4/c1-16-7-5-9-19(13-16)22(14-18-11-12-18)25-30-15-21-17(2)8-6-10-20(21)23(26-29-4)24(27)28-3/h5-10,13,18H,11-12,14-15H2,1-4H3/b25-22+,26-23+. The van der Waals surface area contributed by atoms with E-state index in [2.05, 4.69) is 35.4 Å². The molecular weight excluding hydrogens is 380 g/mol. The van der Waals surface area contributed by atoms with E-state index in [4.69, 9.17) is 14.4 Å². The topological polar surface area (TPSA) is 69.5 Å². The fourth-order valence-electron chi connectivity index (χ4n) is 3.30. The van der Waals surface area contributed by atoms with Crippen molar-refractivity contribution in [3.63, 3.8) is 0 Å². The maximum atomic E-state index is 12.2. The number of oxime groups is 2. The molecule has 0 bridgehead atoms. The van der Waals surface area contributed by atoms with Crippen LogP contribution in [0.3, 0.4) is 0 Å². The van der Waals surface area contributed by atoms with E-state index in [0.717, 1.165) is 28.8 Å². The van der Waals surface area contributed by atoms with Crippen LogP contribution < -0.4 is 0 Å². The van der Waals surface area contributed by atoms with Gasteiger partial charge in [0.25, 0.3) is 0 Å². The molecule has 30 heavy (non-hydrogen) atoms. The van der Waals surface area contributed by atoms with Gasteiger partial charge in [0, 0.05) is 11.1 Å². The number of hydrogen-bond donors (Lipinski definition) is 0. The number of benzene rings is 2. The molecule has 1 saturated carbocycles. The lowest BCUT2D eigenvalue weighted by atomic mass is 9.99.